The lowest BCUT2D eigenvalue weighted by Crippen LogP contribution is -2.33. The molecular formula is C12H20N2. The second-order valence-electron chi connectivity index (χ2n) is 2.26. The largest absolute Gasteiger partial charge is 0.378 e. The summed E-state index contributed by atoms with van der Waals surface area (Å²) in [6.45, 7) is 8.00. The molecule has 2 rings (SSSR count). The summed E-state index contributed by atoms with van der Waals surface area (Å²) in [5.74, 6) is 0. The van der Waals surface area contributed by atoms with Crippen LogP contribution in [0.1, 0.15) is 27.7 Å². The summed E-state index contributed by atoms with van der Waals surface area (Å²) in [5.41, 5.74) is 1.09. The molecule has 1 N–H and O–H groups in total. The number of nitrogens with zero attached hydrogens (tertiary/aromatic N) is 1. The molecule has 2 heteroatoms. The molecule has 78 valence electrons. The van der Waals surface area contributed by atoms with E-state index in [4.69, 9.17) is 0 Å². The van der Waals surface area contributed by atoms with E-state index < -0.39 is 0 Å². The van der Waals surface area contributed by atoms with Gasteiger partial charge in [0.15, 0.2) is 0 Å². The molecule has 0 saturated heterocycles. The summed E-state index contributed by atoms with van der Waals surface area (Å²) in [4.78, 5) is 4.19. The minimum Gasteiger partial charge on any atom is -0.378 e. The van der Waals surface area contributed by atoms with E-state index in [1.807, 2.05) is 52.1 Å². The zero-order chi connectivity index (χ0) is 10.8. The lowest BCUT2D eigenvalue weighted by molar-refractivity contribution is 0.857. The van der Waals surface area contributed by atoms with Crippen molar-refractivity contribution < 1.29 is 0 Å². The minimum absolute atomic E-state index is 0.301. The Hall–Kier alpha value is -1.31. The van der Waals surface area contributed by atoms with Gasteiger partial charge in [0, 0.05) is 12.4 Å². The van der Waals surface area contributed by atoms with Crippen molar-refractivity contribution in [3.63, 3.8) is 0 Å². The summed E-state index contributed by atoms with van der Waals surface area (Å²) in [5, 5.41) is 3.17. The first kappa shape index (κ1) is 12.7. The van der Waals surface area contributed by atoms with Gasteiger partial charge in [-0.05, 0) is 6.08 Å². The highest BCUT2D eigenvalue weighted by molar-refractivity contribution is 6.02. The molecule has 0 radical (unpaired) electrons. The van der Waals surface area contributed by atoms with Gasteiger partial charge < -0.3 is 5.32 Å². The van der Waals surface area contributed by atoms with Gasteiger partial charge in [0.25, 0.3) is 0 Å². The first-order valence-corrected chi connectivity index (χ1v) is 5.30. The quantitative estimate of drug-likeness (QED) is 0.626. The normalized spacial score (nSPS) is 20.3. The second-order valence-corrected chi connectivity index (χ2v) is 2.26. The zero-order valence-corrected chi connectivity index (χ0v) is 9.49. The summed E-state index contributed by atoms with van der Waals surface area (Å²) < 4.78 is 0. The van der Waals surface area contributed by atoms with E-state index in [9.17, 15) is 0 Å². The van der Waals surface area contributed by atoms with E-state index >= 15 is 0 Å². The van der Waals surface area contributed by atoms with Crippen molar-refractivity contribution in [2.45, 2.75) is 33.7 Å². The molecule has 0 spiro atoms. The Kier molecular flexibility index (Phi) is 7.52. The molecular weight excluding hydrogens is 172 g/mol. The number of hydrogen-bond donors (Lipinski definition) is 1. The molecule has 0 aromatic carbocycles. The summed E-state index contributed by atoms with van der Waals surface area (Å²) >= 11 is 0. The van der Waals surface area contributed by atoms with Gasteiger partial charge in [-0.2, -0.15) is 0 Å². The number of rotatable bonds is 0. The summed E-state index contributed by atoms with van der Waals surface area (Å²) in [6.07, 6.45) is 11.8. The molecule has 1 heterocycles. The van der Waals surface area contributed by atoms with Crippen molar-refractivity contribution in [1.82, 2.24) is 5.32 Å². The lowest BCUT2D eigenvalue weighted by Gasteiger charge is -2.17. The smallest absolute Gasteiger partial charge is 0.0868 e. The fourth-order valence-electron chi connectivity index (χ4n) is 1.07. The Morgan fingerprint density at radius 2 is 1.86 bits per heavy atom. The highest BCUT2D eigenvalue weighted by atomic mass is 15.0. The van der Waals surface area contributed by atoms with Crippen molar-refractivity contribution in [1.29, 1.82) is 0 Å². The molecule has 2 aliphatic rings. The SMILES string of the molecule is C1=CC2=NC=CNC2C=C1.CC.CC. The third kappa shape index (κ3) is 3.60. The van der Waals surface area contributed by atoms with Crippen LogP contribution in [0.2, 0.25) is 0 Å². The highest BCUT2D eigenvalue weighted by Gasteiger charge is 2.11. The van der Waals surface area contributed by atoms with Crippen LogP contribution in [0.15, 0.2) is 41.7 Å². The van der Waals surface area contributed by atoms with Crippen LogP contribution in [0.25, 0.3) is 0 Å². The Morgan fingerprint density at radius 1 is 1.14 bits per heavy atom. The molecule has 14 heavy (non-hydrogen) atoms. The molecule has 0 amide bonds. The molecule has 1 unspecified atom stereocenters. The zero-order valence-electron chi connectivity index (χ0n) is 9.49. The average Bonchev–Trinajstić information content (AvgIpc) is 2.34. The van der Waals surface area contributed by atoms with E-state index in [2.05, 4.69) is 16.4 Å². The maximum Gasteiger partial charge on any atom is 0.0868 e. The Morgan fingerprint density at radius 3 is 2.50 bits per heavy atom. The number of nitrogens with one attached hydrogen (secondary N) is 1. The predicted octanol–water partition coefficient (Wildman–Crippen LogP) is 3.05. The van der Waals surface area contributed by atoms with Gasteiger partial charge in [0.2, 0.25) is 0 Å². The van der Waals surface area contributed by atoms with Crippen molar-refractivity contribution >= 4 is 5.71 Å². The van der Waals surface area contributed by atoms with Gasteiger partial charge >= 0.3 is 0 Å². The fraction of sp³-hybridized carbons (Fsp3) is 0.417. The molecule has 1 aliphatic heterocycles. The molecule has 0 bridgehead atoms. The van der Waals surface area contributed by atoms with Gasteiger partial charge in [-0.15, -0.1) is 0 Å². The number of fused-ring (bicyclic) bond motifs is 1. The maximum atomic E-state index is 4.19. The number of aliphatic imine (C=N–C) groups is 1. The van der Waals surface area contributed by atoms with Gasteiger partial charge in [0.1, 0.15) is 0 Å². The lowest BCUT2D eigenvalue weighted by atomic mass is 10.1. The van der Waals surface area contributed by atoms with E-state index in [-0.39, 0.29) is 0 Å². The first-order chi connectivity index (χ1) is 6.97. The van der Waals surface area contributed by atoms with E-state index in [0.717, 1.165) is 5.71 Å². The standard InChI is InChI=1S/C8H8N2.2C2H6/c1-2-4-8-7(3-1)9-5-6-10-8;2*1-2/h1-7,9H;2*1-2H3. The Labute approximate surface area is 87.1 Å². The number of allylic oxidation sites excluding steroid dienone is 2. The van der Waals surface area contributed by atoms with Crippen molar-refractivity contribution in [3.8, 4) is 0 Å². The molecule has 0 fully saturated rings. The van der Waals surface area contributed by atoms with Gasteiger partial charge in [0.05, 0.1) is 11.8 Å². The van der Waals surface area contributed by atoms with Crippen LogP contribution in [0.5, 0.6) is 0 Å². The number of hydrogen-bond acceptors (Lipinski definition) is 2. The third-order valence-corrected chi connectivity index (χ3v) is 1.57. The monoisotopic (exact) mass is 192 g/mol. The van der Waals surface area contributed by atoms with Gasteiger partial charge in [-0.1, -0.05) is 45.9 Å². The van der Waals surface area contributed by atoms with Crippen LogP contribution in [0, 0.1) is 0 Å². The van der Waals surface area contributed by atoms with Crippen LogP contribution in [-0.2, 0) is 0 Å². The van der Waals surface area contributed by atoms with Crippen LogP contribution < -0.4 is 5.32 Å². The molecule has 0 aromatic rings. The van der Waals surface area contributed by atoms with Gasteiger partial charge in [-0.25, -0.2) is 0 Å². The predicted molar refractivity (Wildman–Crippen MR) is 64.5 cm³/mol. The third-order valence-electron chi connectivity index (χ3n) is 1.57. The first-order valence-electron chi connectivity index (χ1n) is 5.30. The Bertz CT molecular complexity index is 247. The molecule has 0 saturated carbocycles. The van der Waals surface area contributed by atoms with E-state index in [0.29, 0.717) is 6.04 Å². The second kappa shape index (κ2) is 8.30. The molecule has 2 nitrogen and oxygen atoms in total. The van der Waals surface area contributed by atoms with Crippen LogP contribution >= 0.6 is 0 Å². The van der Waals surface area contributed by atoms with Crippen molar-refractivity contribution in [3.05, 3.63) is 36.7 Å². The van der Waals surface area contributed by atoms with E-state index in [1.165, 1.54) is 0 Å². The molecule has 1 atom stereocenters. The fourth-order valence-corrected chi connectivity index (χ4v) is 1.07. The average molecular weight is 192 g/mol. The summed E-state index contributed by atoms with van der Waals surface area (Å²) in [7, 11) is 0. The van der Waals surface area contributed by atoms with Crippen LogP contribution in [0.3, 0.4) is 0 Å². The Balaban J connectivity index is 0.000000379. The molecule has 1 aliphatic carbocycles. The topological polar surface area (TPSA) is 24.4 Å². The maximum absolute atomic E-state index is 4.19. The van der Waals surface area contributed by atoms with Crippen LogP contribution in [-0.4, -0.2) is 11.8 Å². The van der Waals surface area contributed by atoms with Crippen molar-refractivity contribution in [2.75, 3.05) is 0 Å². The molecule has 0 aromatic heterocycles. The van der Waals surface area contributed by atoms with E-state index in [1.54, 1.807) is 6.20 Å². The highest BCUT2D eigenvalue weighted by Crippen LogP contribution is 2.04. The summed E-state index contributed by atoms with van der Waals surface area (Å²) in [6, 6.07) is 0.301. The van der Waals surface area contributed by atoms with Crippen LogP contribution in [0.4, 0.5) is 0 Å². The minimum atomic E-state index is 0.301. The van der Waals surface area contributed by atoms with Gasteiger partial charge in [-0.3, -0.25) is 4.99 Å². The van der Waals surface area contributed by atoms with Crippen molar-refractivity contribution in [2.24, 2.45) is 4.99 Å².